The standard InChI is InChI=1S/C28H34N2O2/c31-27(21-30-18-16-29(17-19-30)20-24-10-4-1-5-11-24)22-32-23-28(25-12-6-2-7-13-25)26-14-8-3-9-15-26/h1-15,27-28,31H,16-23H2/t27-/m0/s1. The van der Waals surface area contributed by atoms with Crippen LogP contribution in [0.15, 0.2) is 91.0 Å². The van der Waals surface area contributed by atoms with E-state index in [0.717, 1.165) is 32.7 Å². The predicted octanol–water partition coefficient (Wildman–Crippen LogP) is 4.01. The van der Waals surface area contributed by atoms with Crippen molar-refractivity contribution in [2.45, 2.75) is 18.6 Å². The van der Waals surface area contributed by atoms with Crippen LogP contribution >= 0.6 is 0 Å². The number of aliphatic hydroxyl groups excluding tert-OH is 1. The van der Waals surface area contributed by atoms with Gasteiger partial charge in [0, 0.05) is 45.2 Å². The summed E-state index contributed by atoms with van der Waals surface area (Å²) in [5, 5.41) is 10.6. The van der Waals surface area contributed by atoms with Gasteiger partial charge in [0.1, 0.15) is 0 Å². The number of ether oxygens (including phenoxy) is 1. The number of nitrogens with zero attached hydrogens (tertiary/aromatic N) is 2. The molecule has 4 nitrogen and oxygen atoms in total. The van der Waals surface area contributed by atoms with Crippen LogP contribution in [0.5, 0.6) is 0 Å². The first kappa shape index (κ1) is 22.7. The smallest absolute Gasteiger partial charge is 0.0900 e. The molecule has 0 saturated carbocycles. The second-order valence-corrected chi connectivity index (χ2v) is 8.63. The minimum Gasteiger partial charge on any atom is -0.389 e. The molecule has 1 saturated heterocycles. The fourth-order valence-electron chi connectivity index (χ4n) is 4.40. The maximum atomic E-state index is 10.6. The first-order valence-corrected chi connectivity index (χ1v) is 11.6. The minimum absolute atomic E-state index is 0.172. The molecule has 0 amide bonds. The van der Waals surface area contributed by atoms with Crippen molar-refractivity contribution in [2.75, 3.05) is 45.9 Å². The summed E-state index contributed by atoms with van der Waals surface area (Å²) in [5.41, 5.74) is 3.84. The number of piperazine rings is 1. The highest BCUT2D eigenvalue weighted by Crippen LogP contribution is 2.24. The molecule has 1 atom stereocenters. The van der Waals surface area contributed by atoms with Gasteiger partial charge in [0.25, 0.3) is 0 Å². The average Bonchev–Trinajstić information content (AvgIpc) is 2.85. The number of benzene rings is 3. The predicted molar refractivity (Wildman–Crippen MR) is 130 cm³/mol. The second-order valence-electron chi connectivity index (χ2n) is 8.63. The first-order chi connectivity index (χ1) is 15.8. The number of aliphatic hydroxyl groups is 1. The highest BCUT2D eigenvalue weighted by Gasteiger charge is 2.20. The van der Waals surface area contributed by atoms with E-state index in [-0.39, 0.29) is 5.92 Å². The van der Waals surface area contributed by atoms with Crippen LogP contribution in [0.25, 0.3) is 0 Å². The van der Waals surface area contributed by atoms with Gasteiger partial charge in [0.05, 0.1) is 19.3 Å². The zero-order valence-corrected chi connectivity index (χ0v) is 18.7. The Kier molecular flexibility index (Phi) is 8.46. The molecular weight excluding hydrogens is 396 g/mol. The van der Waals surface area contributed by atoms with E-state index in [4.69, 9.17) is 4.74 Å². The fourth-order valence-corrected chi connectivity index (χ4v) is 4.40. The van der Waals surface area contributed by atoms with E-state index < -0.39 is 6.10 Å². The highest BCUT2D eigenvalue weighted by atomic mass is 16.5. The van der Waals surface area contributed by atoms with Gasteiger partial charge in [-0.05, 0) is 16.7 Å². The monoisotopic (exact) mass is 430 g/mol. The molecule has 32 heavy (non-hydrogen) atoms. The summed E-state index contributed by atoms with van der Waals surface area (Å²) >= 11 is 0. The van der Waals surface area contributed by atoms with Crippen LogP contribution in [-0.4, -0.2) is 66.9 Å². The first-order valence-electron chi connectivity index (χ1n) is 11.6. The Morgan fingerprint density at radius 3 is 1.72 bits per heavy atom. The van der Waals surface area contributed by atoms with E-state index in [9.17, 15) is 5.11 Å². The molecule has 1 aliphatic heterocycles. The molecular formula is C28H34N2O2. The van der Waals surface area contributed by atoms with Crippen molar-refractivity contribution in [3.63, 3.8) is 0 Å². The quantitative estimate of drug-likeness (QED) is 0.527. The Bertz CT molecular complexity index is 857. The van der Waals surface area contributed by atoms with Gasteiger partial charge in [-0.2, -0.15) is 0 Å². The molecule has 0 aromatic heterocycles. The van der Waals surface area contributed by atoms with Crippen LogP contribution in [0.1, 0.15) is 22.6 Å². The van der Waals surface area contributed by atoms with Gasteiger partial charge in [-0.25, -0.2) is 0 Å². The number of rotatable bonds is 10. The molecule has 4 rings (SSSR count). The molecule has 1 aliphatic rings. The Morgan fingerprint density at radius 1 is 0.656 bits per heavy atom. The van der Waals surface area contributed by atoms with E-state index in [2.05, 4.69) is 88.7 Å². The molecule has 3 aromatic rings. The molecule has 1 heterocycles. The maximum Gasteiger partial charge on any atom is 0.0900 e. The van der Waals surface area contributed by atoms with E-state index in [0.29, 0.717) is 19.8 Å². The normalized spacial score (nSPS) is 16.3. The van der Waals surface area contributed by atoms with E-state index in [1.165, 1.54) is 16.7 Å². The Hall–Kier alpha value is -2.50. The Labute approximate surface area is 192 Å². The van der Waals surface area contributed by atoms with Crippen LogP contribution in [0.3, 0.4) is 0 Å². The van der Waals surface area contributed by atoms with E-state index in [1.807, 2.05) is 12.1 Å². The Balaban J connectivity index is 1.21. The van der Waals surface area contributed by atoms with Gasteiger partial charge in [0.15, 0.2) is 0 Å². The third-order valence-corrected chi connectivity index (χ3v) is 6.18. The summed E-state index contributed by atoms with van der Waals surface area (Å²) in [5.74, 6) is 0.172. The third kappa shape index (κ3) is 6.75. The van der Waals surface area contributed by atoms with E-state index >= 15 is 0 Å². The summed E-state index contributed by atoms with van der Waals surface area (Å²) in [6.45, 7) is 6.64. The van der Waals surface area contributed by atoms with Gasteiger partial charge < -0.3 is 9.84 Å². The molecule has 0 aliphatic carbocycles. The van der Waals surface area contributed by atoms with Crippen molar-refractivity contribution in [2.24, 2.45) is 0 Å². The van der Waals surface area contributed by atoms with Crippen LogP contribution in [0.4, 0.5) is 0 Å². The largest absolute Gasteiger partial charge is 0.389 e. The lowest BCUT2D eigenvalue weighted by molar-refractivity contribution is 0.00470. The van der Waals surface area contributed by atoms with Gasteiger partial charge >= 0.3 is 0 Å². The molecule has 0 bridgehead atoms. The second kappa shape index (κ2) is 11.9. The van der Waals surface area contributed by atoms with Crippen molar-refractivity contribution in [3.05, 3.63) is 108 Å². The van der Waals surface area contributed by atoms with Crippen LogP contribution in [0.2, 0.25) is 0 Å². The summed E-state index contributed by atoms with van der Waals surface area (Å²) in [4.78, 5) is 4.83. The molecule has 4 heteroatoms. The lowest BCUT2D eigenvalue weighted by Crippen LogP contribution is -2.48. The number of hydrogen-bond acceptors (Lipinski definition) is 4. The molecule has 0 radical (unpaired) electrons. The maximum absolute atomic E-state index is 10.6. The summed E-state index contributed by atoms with van der Waals surface area (Å²) in [6, 6.07) is 31.6. The van der Waals surface area contributed by atoms with Crippen LogP contribution < -0.4 is 0 Å². The number of β-amino-alcohol motifs (C(OH)–C–C–N with tert-alkyl or cyclic N) is 1. The van der Waals surface area contributed by atoms with Crippen molar-refractivity contribution in [3.8, 4) is 0 Å². The average molecular weight is 431 g/mol. The van der Waals surface area contributed by atoms with Gasteiger partial charge in [-0.1, -0.05) is 91.0 Å². The molecule has 3 aromatic carbocycles. The molecule has 1 fully saturated rings. The lowest BCUT2D eigenvalue weighted by atomic mass is 9.92. The zero-order chi connectivity index (χ0) is 22.0. The lowest BCUT2D eigenvalue weighted by Gasteiger charge is -2.35. The zero-order valence-electron chi connectivity index (χ0n) is 18.7. The van der Waals surface area contributed by atoms with Gasteiger partial charge in [-0.15, -0.1) is 0 Å². The summed E-state index contributed by atoms with van der Waals surface area (Å²) in [7, 11) is 0. The van der Waals surface area contributed by atoms with Gasteiger partial charge in [0.2, 0.25) is 0 Å². The highest BCUT2D eigenvalue weighted by molar-refractivity contribution is 5.32. The van der Waals surface area contributed by atoms with E-state index in [1.54, 1.807) is 0 Å². The fraction of sp³-hybridized carbons (Fsp3) is 0.357. The van der Waals surface area contributed by atoms with Crippen molar-refractivity contribution in [1.29, 1.82) is 0 Å². The summed E-state index contributed by atoms with van der Waals surface area (Å²) in [6.07, 6.45) is -0.470. The SMILES string of the molecule is O[C@H](COCC(c1ccccc1)c1ccccc1)CN1CCN(Cc2ccccc2)CC1. The Morgan fingerprint density at radius 2 is 1.16 bits per heavy atom. The van der Waals surface area contributed by atoms with Crippen molar-refractivity contribution in [1.82, 2.24) is 9.80 Å². The van der Waals surface area contributed by atoms with Crippen LogP contribution in [0, 0.1) is 0 Å². The third-order valence-electron chi connectivity index (χ3n) is 6.18. The molecule has 0 spiro atoms. The van der Waals surface area contributed by atoms with Crippen molar-refractivity contribution >= 4 is 0 Å². The molecule has 0 unspecified atom stereocenters. The summed E-state index contributed by atoms with van der Waals surface area (Å²) < 4.78 is 6.02. The van der Waals surface area contributed by atoms with Crippen molar-refractivity contribution < 1.29 is 9.84 Å². The topological polar surface area (TPSA) is 35.9 Å². The molecule has 168 valence electrons. The number of hydrogen-bond donors (Lipinski definition) is 1. The molecule has 1 N–H and O–H groups in total. The minimum atomic E-state index is -0.470. The van der Waals surface area contributed by atoms with Crippen LogP contribution in [-0.2, 0) is 11.3 Å². The van der Waals surface area contributed by atoms with Gasteiger partial charge in [-0.3, -0.25) is 9.80 Å².